The minimum atomic E-state index is -1.13. The smallest absolute Gasteiger partial charge is 0.319 e. The number of carbonyl (C=O) groups is 2. The van der Waals surface area contributed by atoms with E-state index in [1.165, 1.54) is 10.5 Å². The summed E-state index contributed by atoms with van der Waals surface area (Å²) in [6.45, 7) is 1.61. The van der Waals surface area contributed by atoms with Gasteiger partial charge in [0.15, 0.2) is 0 Å². The zero-order valence-corrected chi connectivity index (χ0v) is 14.0. The number of nitrogens with one attached hydrogen (secondary N) is 1. The quantitative estimate of drug-likeness (QED) is 0.730. The molecule has 3 aromatic rings. The normalized spacial score (nSPS) is 19.8. The minimum Gasteiger partial charge on any atom is -0.319 e. The van der Waals surface area contributed by atoms with E-state index >= 15 is 0 Å². The summed E-state index contributed by atoms with van der Waals surface area (Å²) in [6.07, 6.45) is 1.62. The van der Waals surface area contributed by atoms with E-state index in [2.05, 4.69) is 10.3 Å². The zero-order chi connectivity index (χ0) is 18.3. The highest BCUT2D eigenvalue weighted by Crippen LogP contribution is 2.29. The fraction of sp³-hybridized carbons (Fsp3) is 0.158. The Bertz CT molecular complexity index is 1080. The van der Waals surface area contributed by atoms with Crippen LogP contribution in [0.15, 0.2) is 65.6 Å². The topological polar surface area (TPSA) is 83.8 Å². The molecular weight excluding hydrogens is 332 g/mol. The van der Waals surface area contributed by atoms with Gasteiger partial charge < -0.3 is 5.32 Å². The lowest BCUT2D eigenvalue weighted by Crippen LogP contribution is -2.40. The maximum atomic E-state index is 12.9. The molecule has 0 radical (unpaired) electrons. The van der Waals surface area contributed by atoms with E-state index in [1.807, 2.05) is 18.2 Å². The highest BCUT2D eigenvalue weighted by Gasteiger charge is 2.48. The number of hydrogen-bond acceptors (Lipinski definition) is 4. The number of pyridine rings is 1. The van der Waals surface area contributed by atoms with Crippen molar-refractivity contribution in [3.8, 4) is 0 Å². The van der Waals surface area contributed by atoms with Crippen molar-refractivity contribution in [3.63, 3.8) is 0 Å². The first kappa shape index (κ1) is 16.0. The predicted octanol–water partition coefficient (Wildman–Crippen LogP) is 1.66. The van der Waals surface area contributed by atoms with Crippen LogP contribution >= 0.6 is 0 Å². The average Bonchev–Trinajstić information content (AvgIpc) is 2.87. The van der Waals surface area contributed by atoms with Gasteiger partial charge in [-0.15, -0.1) is 0 Å². The number of carbonyl (C=O) groups excluding carboxylic acids is 2. The number of hydrogen-bond donors (Lipinski definition) is 1. The molecule has 0 saturated carbocycles. The van der Waals surface area contributed by atoms with Crippen molar-refractivity contribution in [1.29, 1.82) is 0 Å². The van der Waals surface area contributed by atoms with E-state index in [1.54, 1.807) is 43.5 Å². The molecule has 0 spiro atoms. The Balaban J connectivity index is 1.68. The van der Waals surface area contributed by atoms with Gasteiger partial charge in [-0.1, -0.05) is 36.4 Å². The number of aromatic nitrogens is 2. The second-order valence-electron chi connectivity index (χ2n) is 6.33. The monoisotopic (exact) mass is 348 g/mol. The van der Waals surface area contributed by atoms with Gasteiger partial charge in [0.2, 0.25) is 0 Å². The maximum Gasteiger partial charge on any atom is 0.325 e. The number of urea groups is 1. The van der Waals surface area contributed by atoms with E-state index in [-0.39, 0.29) is 18.0 Å². The molecule has 2 aromatic heterocycles. The first-order valence-electron chi connectivity index (χ1n) is 8.16. The summed E-state index contributed by atoms with van der Waals surface area (Å²) in [7, 11) is 0. The summed E-state index contributed by atoms with van der Waals surface area (Å²) in [5, 5.41) is 2.74. The largest absolute Gasteiger partial charge is 0.325 e. The molecule has 1 fully saturated rings. The summed E-state index contributed by atoms with van der Waals surface area (Å²) in [4.78, 5) is 43.0. The van der Waals surface area contributed by atoms with Crippen LogP contribution in [0.2, 0.25) is 0 Å². The predicted molar refractivity (Wildman–Crippen MR) is 94.3 cm³/mol. The van der Waals surface area contributed by atoms with Crippen LogP contribution in [0.3, 0.4) is 0 Å². The van der Waals surface area contributed by atoms with Crippen LogP contribution in [0.5, 0.6) is 0 Å². The molecule has 7 heteroatoms. The van der Waals surface area contributed by atoms with Crippen LogP contribution in [-0.4, -0.2) is 26.2 Å². The summed E-state index contributed by atoms with van der Waals surface area (Å²) in [6, 6.07) is 15.1. The molecule has 1 N–H and O–H groups in total. The lowest BCUT2D eigenvalue weighted by atomic mass is 9.92. The highest BCUT2D eigenvalue weighted by atomic mass is 16.2. The van der Waals surface area contributed by atoms with Crippen molar-refractivity contribution >= 4 is 17.6 Å². The van der Waals surface area contributed by atoms with Crippen molar-refractivity contribution in [1.82, 2.24) is 19.6 Å². The van der Waals surface area contributed by atoms with Gasteiger partial charge >= 0.3 is 6.03 Å². The molecule has 7 nitrogen and oxygen atoms in total. The Hall–Kier alpha value is -3.48. The van der Waals surface area contributed by atoms with Crippen LogP contribution in [0.1, 0.15) is 18.2 Å². The molecule has 130 valence electrons. The third-order valence-corrected chi connectivity index (χ3v) is 4.57. The Kier molecular flexibility index (Phi) is 3.57. The number of amides is 3. The van der Waals surface area contributed by atoms with Crippen LogP contribution < -0.4 is 10.9 Å². The molecule has 1 aliphatic rings. The lowest BCUT2D eigenvalue weighted by molar-refractivity contribution is -0.131. The number of imide groups is 1. The van der Waals surface area contributed by atoms with Gasteiger partial charge in [-0.05, 0) is 24.6 Å². The van der Waals surface area contributed by atoms with Crippen molar-refractivity contribution in [3.05, 3.63) is 82.4 Å². The van der Waals surface area contributed by atoms with Crippen LogP contribution in [0.25, 0.3) is 5.65 Å². The third kappa shape index (κ3) is 2.45. The maximum absolute atomic E-state index is 12.9. The van der Waals surface area contributed by atoms with Gasteiger partial charge in [0.25, 0.3) is 11.5 Å². The standard InChI is InChI=1S/C19H16N4O3/c1-19(13-7-3-2-4-8-13)17(25)23(18(26)21-19)12-14-11-16(24)22-10-6-5-9-15(22)20-14/h2-11H,12H2,1H3,(H,21,26)/t19-/m1/s1. The van der Waals surface area contributed by atoms with Gasteiger partial charge in [0, 0.05) is 12.3 Å². The van der Waals surface area contributed by atoms with E-state index in [9.17, 15) is 14.4 Å². The molecule has 26 heavy (non-hydrogen) atoms. The number of nitrogens with zero attached hydrogens (tertiary/aromatic N) is 3. The molecule has 0 aliphatic carbocycles. The Morgan fingerprint density at radius 2 is 1.77 bits per heavy atom. The van der Waals surface area contributed by atoms with Gasteiger partial charge in [-0.2, -0.15) is 0 Å². The molecule has 0 unspecified atom stereocenters. The molecule has 1 aromatic carbocycles. The second-order valence-corrected chi connectivity index (χ2v) is 6.33. The summed E-state index contributed by atoms with van der Waals surface area (Å²) >= 11 is 0. The molecule has 1 aliphatic heterocycles. The second kappa shape index (κ2) is 5.80. The van der Waals surface area contributed by atoms with Crippen molar-refractivity contribution in [2.24, 2.45) is 0 Å². The molecule has 1 saturated heterocycles. The summed E-state index contributed by atoms with van der Waals surface area (Å²) in [5.41, 5.74) is 0.135. The van der Waals surface area contributed by atoms with Gasteiger partial charge in [-0.3, -0.25) is 18.9 Å². The van der Waals surface area contributed by atoms with Crippen LogP contribution in [0, 0.1) is 0 Å². The molecular formula is C19H16N4O3. The lowest BCUT2D eigenvalue weighted by Gasteiger charge is -2.22. The number of benzene rings is 1. The van der Waals surface area contributed by atoms with Crippen LogP contribution in [-0.2, 0) is 16.9 Å². The molecule has 3 amide bonds. The van der Waals surface area contributed by atoms with Gasteiger partial charge in [-0.25, -0.2) is 9.78 Å². The minimum absolute atomic E-state index is 0.0618. The Morgan fingerprint density at radius 1 is 1.04 bits per heavy atom. The van der Waals surface area contributed by atoms with E-state index in [0.717, 1.165) is 4.90 Å². The van der Waals surface area contributed by atoms with E-state index < -0.39 is 11.6 Å². The van der Waals surface area contributed by atoms with Gasteiger partial charge in [0.1, 0.15) is 11.2 Å². The first-order chi connectivity index (χ1) is 12.5. The molecule has 0 bridgehead atoms. The summed E-state index contributed by atoms with van der Waals surface area (Å²) < 4.78 is 1.41. The Morgan fingerprint density at radius 3 is 2.54 bits per heavy atom. The molecule has 3 heterocycles. The fourth-order valence-electron chi connectivity index (χ4n) is 3.15. The zero-order valence-electron chi connectivity index (χ0n) is 14.0. The van der Waals surface area contributed by atoms with Crippen molar-refractivity contribution in [2.45, 2.75) is 19.0 Å². The van der Waals surface area contributed by atoms with Crippen LogP contribution in [0.4, 0.5) is 4.79 Å². The van der Waals surface area contributed by atoms with Gasteiger partial charge in [0.05, 0.1) is 12.2 Å². The van der Waals surface area contributed by atoms with E-state index in [0.29, 0.717) is 16.9 Å². The van der Waals surface area contributed by atoms with Crippen molar-refractivity contribution < 1.29 is 9.59 Å². The van der Waals surface area contributed by atoms with E-state index in [4.69, 9.17) is 0 Å². The Labute approximate surface area is 148 Å². The molecule has 4 rings (SSSR count). The highest BCUT2D eigenvalue weighted by molar-refractivity contribution is 6.07. The first-order valence-corrected chi connectivity index (χ1v) is 8.16. The molecule has 1 atom stereocenters. The van der Waals surface area contributed by atoms with Crippen molar-refractivity contribution in [2.75, 3.05) is 0 Å². The fourth-order valence-corrected chi connectivity index (χ4v) is 3.15. The average molecular weight is 348 g/mol. The number of fused-ring (bicyclic) bond motifs is 1. The SMILES string of the molecule is C[C@]1(c2ccccc2)NC(=O)N(Cc2cc(=O)n3ccccc3n2)C1=O. The number of rotatable bonds is 3. The third-order valence-electron chi connectivity index (χ3n) is 4.57. The summed E-state index contributed by atoms with van der Waals surface area (Å²) in [5.74, 6) is -0.372.